The molecule has 6 heteroatoms. The number of hydrogen-bond acceptors (Lipinski definition) is 6. The van der Waals surface area contributed by atoms with E-state index in [-0.39, 0.29) is 6.10 Å². The summed E-state index contributed by atoms with van der Waals surface area (Å²) in [6.07, 6.45) is 8.79. The minimum atomic E-state index is -0.148. The Hall–Kier alpha value is -2.18. The van der Waals surface area contributed by atoms with Gasteiger partial charge in [-0.05, 0) is 81.6 Å². The lowest BCUT2D eigenvalue weighted by molar-refractivity contribution is 0.126. The number of nitrogens with zero attached hydrogens (tertiary/aromatic N) is 2. The summed E-state index contributed by atoms with van der Waals surface area (Å²) >= 11 is 0. The maximum absolute atomic E-state index is 9.83. The van der Waals surface area contributed by atoms with Gasteiger partial charge in [0.25, 0.3) is 0 Å². The number of aliphatic hydroxyl groups excluding tert-OH is 1. The summed E-state index contributed by atoms with van der Waals surface area (Å²) in [6, 6.07) is 8.77. The standard InChI is InChI=1S/C23H33N5O/c1-2-16-4-3-5-19(14-16)27-23-25-15-21(17-10-12-24-13-11-17)22(28-23)26-18-6-8-20(29)9-7-18/h3-5,14-15,17-18,20,24,29H,2,6-13H2,1H3,(H2,25,26,27,28). The molecule has 2 fully saturated rings. The normalized spacial score (nSPS) is 23.0. The van der Waals surface area contributed by atoms with Gasteiger partial charge in [0.1, 0.15) is 5.82 Å². The number of anilines is 3. The molecular weight excluding hydrogens is 362 g/mol. The predicted molar refractivity (Wildman–Crippen MR) is 118 cm³/mol. The molecule has 0 spiro atoms. The lowest BCUT2D eigenvalue weighted by atomic mass is 9.90. The van der Waals surface area contributed by atoms with E-state index in [4.69, 9.17) is 4.98 Å². The van der Waals surface area contributed by atoms with Gasteiger partial charge in [-0.2, -0.15) is 4.98 Å². The summed E-state index contributed by atoms with van der Waals surface area (Å²) in [5.41, 5.74) is 3.54. The molecule has 156 valence electrons. The third-order valence-corrected chi connectivity index (χ3v) is 6.22. The monoisotopic (exact) mass is 395 g/mol. The first-order chi connectivity index (χ1) is 14.2. The molecule has 0 atom stereocenters. The van der Waals surface area contributed by atoms with E-state index < -0.39 is 0 Å². The molecule has 1 aromatic heterocycles. The SMILES string of the molecule is CCc1cccc(Nc2ncc(C3CCNCC3)c(NC3CCC(O)CC3)n2)c1. The van der Waals surface area contributed by atoms with E-state index in [0.29, 0.717) is 17.9 Å². The summed E-state index contributed by atoms with van der Waals surface area (Å²) in [4.78, 5) is 9.54. The molecule has 2 aromatic rings. The van der Waals surface area contributed by atoms with Gasteiger partial charge >= 0.3 is 0 Å². The Morgan fingerprint density at radius 2 is 1.90 bits per heavy atom. The van der Waals surface area contributed by atoms with Crippen molar-refractivity contribution in [3.05, 3.63) is 41.6 Å². The quantitative estimate of drug-likeness (QED) is 0.593. The second-order valence-corrected chi connectivity index (χ2v) is 8.35. The van der Waals surface area contributed by atoms with Gasteiger partial charge in [-0.3, -0.25) is 0 Å². The van der Waals surface area contributed by atoms with Crippen LogP contribution in [0.4, 0.5) is 17.5 Å². The van der Waals surface area contributed by atoms with Gasteiger partial charge in [0.05, 0.1) is 6.10 Å². The summed E-state index contributed by atoms with van der Waals surface area (Å²) < 4.78 is 0. The van der Waals surface area contributed by atoms with E-state index in [2.05, 4.69) is 52.1 Å². The third kappa shape index (κ3) is 5.25. The average Bonchev–Trinajstić information content (AvgIpc) is 2.76. The van der Waals surface area contributed by atoms with E-state index >= 15 is 0 Å². The lowest BCUT2D eigenvalue weighted by Gasteiger charge is -2.29. The zero-order chi connectivity index (χ0) is 20.1. The van der Waals surface area contributed by atoms with Crippen molar-refractivity contribution in [2.24, 2.45) is 0 Å². The highest BCUT2D eigenvalue weighted by molar-refractivity contribution is 5.57. The van der Waals surface area contributed by atoms with Crippen LogP contribution in [0.2, 0.25) is 0 Å². The van der Waals surface area contributed by atoms with Crippen molar-refractivity contribution in [2.45, 2.75) is 69.9 Å². The van der Waals surface area contributed by atoms with Gasteiger partial charge in [-0.15, -0.1) is 0 Å². The molecular formula is C23H33N5O. The summed E-state index contributed by atoms with van der Waals surface area (Å²) in [5.74, 6) is 2.09. The fraction of sp³-hybridized carbons (Fsp3) is 0.565. The maximum atomic E-state index is 9.83. The average molecular weight is 396 g/mol. The molecule has 4 rings (SSSR count). The number of rotatable bonds is 6. The molecule has 0 radical (unpaired) electrons. The Balaban J connectivity index is 1.56. The topological polar surface area (TPSA) is 82.1 Å². The first kappa shape index (κ1) is 20.1. The number of nitrogens with one attached hydrogen (secondary N) is 3. The van der Waals surface area contributed by atoms with Gasteiger partial charge in [-0.1, -0.05) is 19.1 Å². The largest absolute Gasteiger partial charge is 0.393 e. The Morgan fingerprint density at radius 1 is 1.10 bits per heavy atom. The number of benzene rings is 1. The Kier molecular flexibility index (Phi) is 6.62. The van der Waals surface area contributed by atoms with Crippen molar-refractivity contribution in [3.63, 3.8) is 0 Å². The van der Waals surface area contributed by atoms with Crippen molar-refractivity contribution < 1.29 is 5.11 Å². The van der Waals surface area contributed by atoms with Crippen LogP contribution in [0.5, 0.6) is 0 Å². The van der Waals surface area contributed by atoms with Crippen LogP contribution in [0.3, 0.4) is 0 Å². The fourth-order valence-corrected chi connectivity index (χ4v) is 4.41. The summed E-state index contributed by atoms with van der Waals surface area (Å²) in [5, 5.41) is 20.3. The summed E-state index contributed by atoms with van der Waals surface area (Å²) in [7, 11) is 0. The van der Waals surface area contributed by atoms with Gasteiger partial charge < -0.3 is 21.1 Å². The van der Waals surface area contributed by atoms with Gasteiger partial charge in [0.2, 0.25) is 5.95 Å². The predicted octanol–water partition coefficient (Wildman–Crippen LogP) is 3.97. The van der Waals surface area contributed by atoms with Crippen LogP contribution >= 0.6 is 0 Å². The number of piperidine rings is 1. The lowest BCUT2D eigenvalue weighted by Crippen LogP contribution is -2.30. The number of hydrogen-bond donors (Lipinski definition) is 4. The zero-order valence-electron chi connectivity index (χ0n) is 17.3. The molecule has 2 heterocycles. The molecule has 0 amide bonds. The molecule has 1 saturated carbocycles. The van der Waals surface area contributed by atoms with Crippen molar-refractivity contribution in [2.75, 3.05) is 23.7 Å². The van der Waals surface area contributed by atoms with Crippen LogP contribution in [0, 0.1) is 0 Å². The maximum Gasteiger partial charge on any atom is 0.229 e. The summed E-state index contributed by atoms with van der Waals surface area (Å²) in [6.45, 7) is 4.25. The fourth-order valence-electron chi connectivity index (χ4n) is 4.41. The molecule has 0 bridgehead atoms. The van der Waals surface area contributed by atoms with Crippen LogP contribution in [-0.4, -0.2) is 40.3 Å². The third-order valence-electron chi connectivity index (χ3n) is 6.22. The van der Waals surface area contributed by atoms with Crippen LogP contribution in [0.1, 0.15) is 62.5 Å². The highest BCUT2D eigenvalue weighted by Crippen LogP contribution is 2.32. The Morgan fingerprint density at radius 3 is 2.66 bits per heavy atom. The Bertz CT molecular complexity index is 798. The molecule has 1 aliphatic carbocycles. The molecule has 29 heavy (non-hydrogen) atoms. The first-order valence-electron chi connectivity index (χ1n) is 11.1. The minimum absolute atomic E-state index is 0.148. The van der Waals surface area contributed by atoms with Crippen LogP contribution in [0.25, 0.3) is 0 Å². The molecule has 1 aliphatic heterocycles. The smallest absolute Gasteiger partial charge is 0.229 e. The van der Waals surface area contributed by atoms with Crippen LogP contribution in [0.15, 0.2) is 30.5 Å². The van der Waals surface area contributed by atoms with Crippen LogP contribution in [-0.2, 0) is 6.42 Å². The first-order valence-corrected chi connectivity index (χ1v) is 11.1. The van der Waals surface area contributed by atoms with E-state index in [0.717, 1.165) is 69.5 Å². The van der Waals surface area contributed by atoms with E-state index in [1.54, 1.807) is 0 Å². The van der Waals surface area contributed by atoms with Crippen molar-refractivity contribution >= 4 is 17.5 Å². The van der Waals surface area contributed by atoms with Gasteiger partial charge in [0.15, 0.2) is 0 Å². The highest BCUT2D eigenvalue weighted by atomic mass is 16.3. The molecule has 1 aromatic carbocycles. The Labute approximate surface area is 173 Å². The second kappa shape index (κ2) is 9.55. The highest BCUT2D eigenvalue weighted by Gasteiger charge is 2.24. The van der Waals surface area contributed by atoms with E-state index in [1.165, 1.54) is 11.1 Å². The number of aromatic nitrogens is 2. The molecule has 2 aliphatic rings. The number of aliphatic hydroxyl groups is 1. The molecule has 1 saturated heterocycles. The molecule has 4 N–H and O–H groups in total. The zero-order valence-corrected chi connectivity index (χ0v) is 17.3. The van der Waals surface area contributed by atoms with Crippen molar-refractivity contribution in [1.82, 2.24) is 15.3 Å². The van der Waals surface area contributed by atoms with Crippen molar-refractivity contribution in [3.8, 4) is 0 Å². The number of aryl methyl sites for hydroxylation is 1. The van der Waals surface area contributed by atoms with Gasteiger partial charge in [-0.25, -0.2) is 4.98 Å². The molecule has 6 nitrogen and oxygen atoms in total. The van der Waals surface area contributed by atoms with Gasteiger partial charge in [0, 0.05) is 23.5 Å². The minimum Gasteiger partial charge on any atom is -0.393 e. The van der Waals surface area contributed by atoms with E-state index in [9.17, 15) is 5.11 Å². The van der Waals surface area contributed by atoms with E-state index in [1.807, 2.05) is 6.20 Å². The molecule has 0 unspecified atom stereocenters. The van der Waals surface area contributed by atoms with Crippen LogP contribution < -0.4 is 16.0 Å². The van der Waals surface area contributed by atoms with Crippen molar-refractivity contribution in [1.29, 1.82) is 0 Å². The second-order valence-electron chi connectivity index (χ2n) is 8.35.